The smallest absolute Gasteiger partial charge is 0.407 e. The summed E-state index contributed by atoms with van der Waals surface area (Å²) in [4.78, 5) is 11.4. The molecule has 1 aromatic rings. The Bertz CT molecular complexity index is 466. The van der Waals surface area contributed by atoms with E-state index in [9.17, 15) is 4.79 Å². The molecule has 1 amide bonds. The Morgan fingerprint density at radius 2 is 1.95 bits per heavy atom. The fraction of sp³-hybridized carbons (Fsp3) is 0.438. The zero-order valence-electron chi connectivity index (χ0n) is 12.2. The highest BCUT2D eigenvalue weighted by atomic mass is 16.6. The molecule has 4 heteroatoms. The summed E-state index contributed by atoms with van der Waals surface area (Å²) in [5.41, 5.74) is 0.350. The van der Waals surface area contributed by atoms with E-state index in [0.29, 0.717) is 19.6 Å². The van der Waals surface area contributed by atoms with E-state index in [1.807, 2.05) is 45.0 Å². The van der Waals surface area contributed by atoms with E-state index in [0.717, 1.165) is 11.3 Å². The summed E-state index contributed by atoms with van der Waals surface area (Å²) in [6, 6.07) is 7.32. The Morgan fingerprint density at radius 3 is 2.50 bits per heavy atom. The van der Waals surface area contributed by atoms with Gasteiger partial charge in [-0.1, -0.05) is 5.92 Å². The Balaban J connectivity index is 2.16. The van der Waals surface area contributed by atoms with Crippen molar-refractivity contribution in [3.8, 4) is 18.1 Å². The average molecular weight is 275 g/mol. The standard InChI is InChI=1S/C16H21NO3/c1-5-13-7-9-14(10-8-13)19-12-6-11-17-15(18)20-16(2,3)4/h1,7-10H,6,11-12H2,2-4H3,(H,17,18). The van der Waals surface area contributed by atoms with Crippen LogP contribution in [-0.2, 0) is 4.74 Å². The highest BCUT2D eigenvalue weighted by Gasteiger charge is 2.15. The van der Waals surface area contributed by atoms with Crippen LogP contribution in [0.4, 0.5) is 4.79 Å². The minimum Gasteiger partial charge on any atom is -0.494 e. The summed E-state index contributed by atoms with van der Waals surface area (Å²) in [6.45, 7) is 6.52. The lowest BCUT2D eigenvalue weighted by Gasteiger charge is -2.19. The van der Waals surface area contributed by atoms with Crippen molar-refractivity contribution in [1.29, 1.82) is 0 Å². The molecule has 108 valence electrons. The molecule has 0 atom stereocenters. The van der Waals surface area contributed by atoms with Crippen LogP contribution >= 0.6 is 0 Å². The number of terminal acetylenes is 1. The van der Waals surface area contributed by atoms with Gasteiger partial charge in [0.1, 0.15) is 11.4 Å². The quantitative estimate of drug-likeness (QED) is 0.664. The van der Waals surface area contributed by atoms with Crippen molar-refractivity contribution < 1.29 is 14.3 Å². The van der Waals surface area contributed by atoms with Crippen LogP contribution in [0, 0.1) is 12.3 Å². The van der Waals surface area contributed by atoms with Crippen molar-refractivity contribution in [2.75, 3.05) is 13.2 Å². The summed E-state index contributed by atoms with van der Waals surface area (Å²) in [5, 5.41) is 2.68. The molecule has 0 spiro atoms. The number of carbonyl (C=O) groups excluding carboxylic acids is 1. The lowest BCUT2D eigenvalue weighted by molar-refractivity contribution is 0.0525. The SMILES string of the molecule is C#Cc1ccc(OCCCNC(=O)OC(C)(C)C)cc1. The molecule has 1 aromatic carbocycles. The predicted octanol–water partition coefficient (Wildman–Crippen LogP) is 2.96. The van der Waals surface area contributed by atoms with E-state index < -0.39 is 11.7 Å². The molecule has 0 aliphatic rings. The predicted molar refractivity (Wildman–Crippen MR) is 78.7 cm³/mol. The highest BCUT2D eigenvalue weighted by Crippen LogP contribution is 2.11. The second-order valence-electron chi connectivity index (χ2n) is 5.30. The zero-order valence-corrected chi connectivity index (χ0v) is 12.2. The van der Waals surface area contributed by atoms with Crippen LogP contribution in [0.3, 0.4) is 0 Å². The largest absolute Gasteiger partial charge is 0.494 e. The monoisotopic (exact) mass is 275 g/mol. The Kier molecular flexibility index (Phi) is 5.92. The molecule has 20 heavy (non-hydrogen) atoms. The number of hydrogen-bond donors (Lipinski definition) is 1. The summed E-state index contributed by atoms with van der Waals surface area (Å²) >= 11 is 0. The van der Waals surface area contributed by atoms with Crippen LogP contribution in [0.15, 0.2) is 24.3 Å². The molecule has 0 unspecified atom stereocenters. The molecule has 0 aliphatic heterocycles. The average Bonchev–Trinajstić information content (AvgIpc) is 2.37. The minimum atomic E-state index is -0.473. The number of rotatable bonds is 5. The van der Waals surface area contributed by atoms with Gasteiger partial charge in [-0.15, -0.1) is 6.42 Å². The van der Waals surface area contributed by atoms with Gasteiger partial charge in [0.2, 0.25) is 0 Å². The number of ether oxygens (including phenoxy) is 2. The number of nitrogens with one attached hydrogen (secondary N) is 1. The number of alkyl carbamates (subject to hydrolysis) is 1. The molecule has 0 saturated heterocycles. The molecule has 1 N–H and O–H groups in total. The van der Waals surface area contributed by atoms with E-state index >= 15 is 0 Å². The molecule has 0 aliphatic carbocycles. The first kappa shape index (κ1) is 15.9. The first-order chi connectivity index (χ1) is 9.40. The highest BCUT2D eigenvalue weighted by molar-refractivity contribution is 5.67. The van der Waals surface area contributed by atoms with Crippen LogP contribution in [0.1, 0.15) is 32.8 Å². The maximum atomic E-state index is 11.4. The molecule has 1 rings (SSSR count). The van der Waals surface area contributed by atoms with Gasteiger partial charge in [0.25, 0.3) is 0 Å². The van der Waals surface area contributed by atoms with Crippen molar-refractivity contribution in [2.24, 2.45) is 0 Å². The number of carbonyl (C=O) groups is 1. The third-order valence-corrected chi connectivity index (χ3v) is 2.28. The second-order valence-corrected chi connectivity index (χ2v) is 5.30. The zero-order chi connectivity index (χ0) is 15.0. The van der Waals surface area contributed by atoms with Crippen molar-refractivity contribution >= 4 is 6.09 Å². The maximum absolute atomic E-state index is 11.4. The van der Waals surface area contributed by atoms with Gasteiger partial charge in [0, 0.05) is 12.1 Å². The maximum Gasteiger partial charge on any atom is 0.407 e. The molecule has 0 aromatic heterocycles. The Morgan fingerprint density at radius 1 is 1.30 bits per heavy atom. The van der Waals surface area contributed by atoms with Crippen molar-refractivity contribution in [3.05, 3.63) is 29.8 Å². The summed E-state index contributed by atoms with van der Waals surface area (Å²) in [5.74, 6) is 3.31. The topological polar surface area (TPSA) is 47.6 Å². The van der Waals surface area contributed by atoms with E-state index in [2.05, 4.69) is 11.2 Å². The number of hydrogen-bond acceptors (Lipinski definition) is 3. The summed E-state index contributed by atoms with van der Waals surface area (Å²) in [6.07, 6.45) is 5.57. The molecular weight excluding hydrogens is 254 g/mol. The second kappa shape index (κ2) is 7.44. The Labute approximate surface area is 120 Å². The van der Waals surface area contributed by atoms with Crippen LogP contribution in [0.25, 0.3) is 0 Å². The van der Waals surface area contributed by atoms with Gasteiger partial charge in [-0.2, -0.15) is 0 Å². The molecule has 0 bridgehead atoms. The van der Waals surface area contributed by atoms with Crippen molar-refractivity contribution in [1.82, 2.24) is 5.32 Å². The number of benzene rings is 1. The molecule has 0 saturated carbocycles. The van der Waals surface area contributed by atoms with Crippen molar-refractivity contribution in [3.63, 3.8) is 0 Å². The van der Waals surface area contributed by atoms with Crippen LogP contribution in [0.5, 0.6) is 5.75 Å². The third-order valence-electron chi connectivity index (χ3n) is 2.28. The first-order valence-corrected chi connectivity index (χ1v) is 6.57. The fourth-order valence-corrected chi connectivity index (χ4v) is 1.41. The lowest BCUT2D eigenvalue weighted by Crippen LogP contribution is -2.33. The summed E-state index contributed by atoms with van der Waals surface area (Å²) in [7, 11) is 0. The molecule has 0 radical (unpaired) electrons. The third kappa shape index (κ3) is 6.69. The normalized spacial score (nSPS) is 10.5. The van der Waals surface area contributed by atoms with E-state index in [-0.39, 0.29) is 0 Å². The van der Waals surface area contributed by atoms with Gasteiger partial charge in [0.05, 0.1) is 6.61 Å². The Hall–Kier alpha value is -2.15. The van der Waals surface area contributed by atoms with Gasteiger partial charge in [-0.25, -0.2) is 4.79 Å². The van der Waals surface area contributed by atoms with E-state index in [1.54, 1.807) is 0 Å². The lowest BCUT2D eigenvalue weighted by atomic mass is 10.2. The van der Waals surface area contributed by atoms with Crippen LogP contribution in [0.2, 0.25) is 0 Å². The molecule has 4 nitrogen and oxygen atoms in total. The van der Waals surface area contributed by atoms with Gasteiger partial charge in [-0.3, -0.25) is 0 Å². The van der Waals surface area contributed by atoms with Gasteiger partial charge in [-0.05, 0) is 51.5 Å². The van der Waals surface area contributed by atoms with Gasteiger partial charge >= 0.3 is 6.09 Å². The van der Waals surface area contributed by atoms with Gasteiger partial charge < -0.3 is 14.8 Å². The summed E-state index contributed by atoms with van der Waals surface area (Å²) < 4.78 is 10.6. The fourth-order valence-electron chi connectivity index (χ4n) is 1.41. The first-order valence-electron chi connectivity index (χ1n) is 6.57. The molecular formula is C16H21NO3. The molecule has 0 heterocycles. The van der Waals surface area contributed by atoms with Crippen LogP contribution < -0.4 is 10.1 Å². The van der Waals surface area contributed by atoms with Gasteiger partial charge in [0.15, 0.2) is 0 Å². The number of amides is 1. The minimum absolute atomic E-state index is 0.407. The molecule has 0 fully saturated rings. The van der Waals surface area contributed by atoms with E-state index in [4.69, 9.17) is 15.9 Å². The van der Waals surface area contributed by atoms with Crippen LogP contribution in [-0.4, -0.2) is 24.8 Å². The van der Waals surface area contributed by atoms with Crippen molar-refractivity contribution in [2.45, 2.75) is 32.8 Å². The van der Waals surface area contributed by atoms with E-state index in [1.165, 1.54) is 0 Å².